The Morgan fingerprint density at radius 3 is 1.73 bits per heavy atom. The minimum atomic E-state index is 0.575. The van der Waals surface area contributed by atoms with Gasteiger partial charge in [0.15, 0.2) is 17.5 Å². The lowest BCUT2D eigenvalue weighted by molar-refractivity contribution is 1.07. The maximum Gasteiger partial charge on any atom is 0.164 e. The molecule has 0 saturated heterocycles. The first kappa shape index (κ1) is 26.5. The molecule has 4 aromatic heterocycles. The Morgan fingerprint density at radius 2 is 1.04 bits per heavy atom. The highest BCUT2D eigenvalue weighted by Gasteiger charge is 2.19. The maximum absolute atomic E-state index is 5.29. The van der Waals surface area contributed by atoms with E-state index in [1.54, 1.807) is 0 Å². The predicted molar refractivity (Wildman–Crippen MR) is 180 cm³/mol. The molecule has 0 saturated carbocycles. The molecule has 4 aromatic carbocycles. The van der Waals surface area contributed by atoms with Gasteiger partial charge in [-0.25, -0.2) is 19.9 Å². The standard InChI is InChI=1S/C39H26N6/c1-25-19-20-26-21-22-30-32(33-18-10-11-23-40-33)24-34(42-36(30)35(26)41-25)29-16-8-9-17-31(29)39-44-37(27-12-4-2-5-13-27)43-38(45-39)28-14-6-3-7-15-28/h2-24H,1H3. The number of aromatic nitrogens is 6. The van der Waals surface area contributed by atoms with E-state index in [4.69, 9.17) is 29.9 Å². The predicted octanol–water partition coefficient (Wildman–Crippen LogP) is 9.01. The lowest BCUT2D eigenvalue weighted by Gasteiger charge is -2.14. The Labute approximate surface area is 260 Å². The average Bonchev–Trinajstić information content (AvgIpc) is 3.12. The van der Waals surface area contributed by atoms with Gasteiger partial charge >= 0.3 is 0 Å². The van der Waals surface area contributed by atoms with Gasteiger partial charge in [0.1, 0.15) is 0 Å². The first-order chi connectivity index (χ1) is 22.2. The van der Waals surface area contributed by atoms with Crippen LogP contribution in [-0.4, -0.2) is 29.9 Å². The van der Waals surface area contributed by atoms with Gasteiger partial charge in [0.2, 0.25) is 0 Å². The van der Waals surface area contributed by atoms with E-state index in [9.17, 15) is 0 Å². The van der Waals surface area contributed by atoms with Crippen molar-refractivity contribution in [3.63, 3.8) is 0 Å². The molecule has 0 atom stereocenters. The van der Waals surface area contributed by atoms with Gasteiger partial charge < -0.3 is 0 Å². The van der Waals surface area contributed by atoms with Crippen LogP contribution in [-0.2, 0) is 0 Å². The SMILES string of the molecule is Cc1ccc2ccc3c(-c4ccccn4)cc(-c4ccccc4-c4nc(-c5ccccc5)nc(-c5ccccc5)n4)nc3c2n1. The highest BCUT2D eigenvalue weighted by molar-refractivity contribution is 6.09. The van der Waals surface area contributed by atoms with Crippen molar-refractivity contribution in [1.29, 1.82) is 0 Å². The summed E-state index contributed by atoms with van der Waals surface area (Å²) in [5.74, 6) is 1.80. The fraction of sp³-hybridized carbons (Fsp3) is 0.0256. The summed E-state index contributed by atoms with van der Waals surface area (Å²) in [4.78, 5) is 29.9. The van der Waals surface area contributed by atoms with Gasteiger partial charge in [-0.3, -0.25) is 9.97 Å². The molecule has 6 heteroatoms. The summed E-state index contributed by atoms with van der Waals surface area (Å²) in [6.07, 6.45) is 1.82. The molecule has 8 rings (SSSR count). The highest BCUT2D eigenvalue weighted by Crippen LogP contribution is 2.37. The molecule has 6 nitrogen and oxygen atoms in total. The number of nitrogens with zero attached hydrogens (tertiary/aromatic N) is 6. The molecule has 0 bridgehead atoms. The number of pyridine rings is 3. The van der Waals surface area contributed by atoms with E-state index in [0.29, 0.717) is 17.5 Å². The molecular formula is C39H26N6. The van der Waals surface area contributed by atoms with E-state index in [1.165, 1.54) is 0 Å². The third-order valence-corrected chi connectivity index (χ3v) is 7.86. The zero-order chi connectivity index (χ0) is 30.2. The normalized spacial score (nSPS) is 11.2. The zero-order valence-corrected chi connectivity index (χ0v) is 24.5. The Bertz CT molecular complexity index is 2260. The topological polar surface area (TPSA) is 77.3 Å². The van der Waals surface area contributed by atoms with Crippen LogP contribution < -0.4 is 0 Å². The maximum atomic E-state index is 5.29. The number of hydrogen-bond donors (Lipinski definition) is 0. The van der Waals surface area contributed by atoms with Gasteiger partial charge in [0.25, 0.3) is 0 Å². The molecule has 0 fully saturated rings. The van der Waals surface area contributed by atoms with Crippen molar-refractivity contribution < 1.29 is 0 Å². The molecule has 0 spiro atoms. The number of aryl methyl sites for hydroxylation is 1. The molecule has 0 amide bonds. The second-order valence-corrected chi connectivity index (χ2v) is 10.8. The smallest absolute Gasteiger partial charge is 0.164 e. The number of rotatable bonds is 5. The Balaban J connectivity index is 1.40. The van der Waals surface area contributed by atoms with Crippen LogP contribution in [0.15, 0.2) is 140 Å². The second kappa shape index (κ2) is 11.2. The Hall–Kier alpha value is -6.14. The van der Waals surface area contributed by atoms with Crippen LogP contribution in [0.3, 0.4) is 0 Å². The summed E-state index contributed by atoms with van der Waals surface area (Å²) >= 11 is 0. The van der Waals surface area contributed by atoms with Gasteiger partial charge in [0, 0.05) is 50.5 Å². The van der Waals surface area contributed by atoms with Crippen molar-refractivity contribution >= 4 is 21.8 Å². The highest BCUT2D eigenvalue weighted by atomic mass is 15.0. The van der Waals surface area contributed by atoms with Crippen molar-refractivity contribution in [3.8, 4) is 56.7 Å². The lowest BCUT2D eigenvalue weighted by atomic mass is 9.97. The zero-order valence-electron chi connectivity index (χ0n) is 24.5. The van der Waals surface area contributed by atoms with Crippen molar-refractivity contribution in [2.24, 2.45) is 0 Å². The lowest BCUT2D eigenvalue weighted by Crippen LogP contribution is -2.01. The molecule has 4 heterocycles. The van der Waals surface area contributed by atoms with Crippen LogP contribution in [0, 0.1) is 6.92 Å². The third kappa shape index (κ3) is 4.98. The summed E-state index contributed by atoms with van der Waals surface area (Å²) in [6.45, 7) is 2.01. The molecule has 212 valence electrons. The van der Waals surface area contributed by atoms with Gasteiger partial charge in [-0.05, 0) is 31.2 Å². The first-order valence-electron chi connectivity index (χ1n) is 14.8. The van der Waals surface area contributed by atoms with Crippen LogP contribution >= 0.6 is 0 Å². The van der Waals surface area contributed by atoms with E-state index < -0.39 is 0 Å². The van der Waals surface area contributed by atoms with Gasteiger partial charge in [0.05, 0.1) is 22.4 Å². The third-order valence-electron chi connectivity index (χ3n) is 7.86. The quantitative estimate of drug-likeness (QED) is 0.190. The molecule has 0 aliphatic rings. The van der Waals surface area contributed by atoms with Crippen LogP contribution in [0.25, 0.3) is 78.5 Å². The minimum absolute atomic E-state index is 0.575. The second-order valence-electron chi connectivity index (χ2n) is 10.8. The number of benzene rings is 4. The summed E-state index contributed by atoms with van der Waals surface area (Å²) in [5.41, 5.74) is 8.89. The van der Waals surface area contributed by atoms with Crippen molar-refractivity contribution in [3.05, 3.63) is 145 Å². The van der Waals surface area contributed by atoms with Gasteiger partial charge in [-0.15, -0.1) is 0 Å². The van der Waals surface area contributed by atoms with Crippen LogP contribution in [0.4, 0.5) is 0 Å². The van der Waals surface area contributed by atoms with E-state index in [2.05, 4.69) is 30.3 Å². The molecule has 8 aromatic rings. The van der Waals surface area contributed by atoms with E-state index in [1.807, 2.05) is 116 Å². The Morgan fingerprint density at radius 1 is 0.422 bits per heavy atom. The summed E-state index contributed by atoms with van der Waals surface area (Å²) in [6, 6.07) is 44.6. The molecule has 0 N–H and O–H groups in total. The van der Waals surface area contributed by atoms with E-state index >= 15 is 0 Å². The first-order valence-corrected chi connectivity index (χ1v) is 14.8. The summed E-state index contributed by atoms with van der Waals surface area (Å²) < 4.78 is 0. The molecule has 45 heavy (non-hydrogen) atoms. The van der Waals surface area contributed by atoms with Crippen molar-refractivity contribution in [2.45, 2.75) is 6.92 Å². The number of hydrogen-bond acceptors (Lipinski definition) is 6. The van der Waals surface area contributed by atoms with Crippen molar-refractivity contribution in [2.75, 3.05) is 0 Å². The fourth-order valence-electron chi connectivity index (χ4n) is 5.67. The number of fused-ring (bicyclic) bond motifs is 3. The molecule has 0 unspecified atom stereocenters. The van der Waals surface area contributed by atoms with E-state index in [-0.39, 0.29) is 0 Å². The van der Waals surface area contributed by atoms with Crippen LogP contribution in [0.2, 0.25) is 0 Å². The van der Waals surface area contributed by atoms with Gasteiger partial charge in [-0.1, -0.05) is 109 Å². The summed E-state index contributed by atoms with van der Waals surface area (Å²) in [5, 5.41) is 2.04. The van der Waals surface area contributed by atoms with E-state index in [0.717, 1.165) is 66.7 Å². The van der Waals surface area contributed by atoms with Crippen LogP contribution in [0.1, 0.15) is 5.69 Å². The monoisotopic (exact) mass is 578 g/mol. The van der Waals surface area contributed by atoms with Crippen LogP contribution in [0.5, 0.6) is 0 Å². The largest absolute Gasteiger partial charge is 0.256 e. The molecule has 0 aliphatic carbocycles. The van der Waals surface area contributed by atoms with Crippen molar-refractivity contribution in [1.82, 2.24) is 29.9 Å². The van der Waals surface area contributed by atoms with Gasteiger partial charge in [-0.2, -0.15) is 0 Å². The average molecular weight is 579 g/mol. The molecular weight excluding hydrogens is 552 g/mol. The minimum Gasteiger partial charge on any atom is -0.256 e. The fourth-order valence-corrected chi connectivity index (χ4v) is 5.67. The molecule has 0 aliphatic heterocycles. The Kier molecular flexibility index (Phi) is 6.57. The summed E-state index contributed by atoms with van der Waals surface area (Å²) in [7, 11) is 0. The molecule has 0 radical (unpaired) electrons.